The molecule has 8 nitrogen and oxygen atoms in total. The average molecular weight is 395 g/mol. The molecule has 162 valence electrons. The Kier molecular flexibility index (Phi) is 27.1. The van der Waals surface area contributed by atoms with Gasteiger partial charge < -0.3 is 25.2 Å². The molecule has 0 aromatic carbocycles. The van der Waals surface area contributed by atoms with Crippen molar-refractivity contribution in [3.8, 4) is 0 Å². The van der Waals surface area contributed by atoms with Crippen molar-refractivity contribution in [3.05, 3.63) is 0 Å². The molecule has 0 rings (SSSR count). The molecule has 1 unspecified atom stereocenters. The second kappa shape index (κ2) is 24.3. The van der Waals surface area contributed by atoms with Crippen LogP contribution >= 0.6 is 0 Å². The Bertz CT molecular complexity index is 354. The van der Waals surface area contributed by atoms with E-state index in [0.29, 0.717) is 6.42 Å². The zero-order chi connectivity index (χ0) is 21.5. The summed E-state index contributed by atoms with van der Waals surface area (Å²) in [5.41, 5.74) is 0. The summed E-state index contributed by atoms with van der Waals surface area (Å²) in [7, 11) is 0. The second-order valence-corrected chi connectivity index (χ2v) is 6.13. The minimum Gasteiger partial charge on any atom is -0.481 e. The lowest BCUT2D eigenvalue weighted by molar-refractivity contribution is -0.144. The largest absolute Gasteiger partial charge is 0.481 e. The molecule has 8 heteroatoms. The molecule has 0 radical (unpaired) electrons. The number of carboxylic acids is 2. The van der Waals surface area contributed by atoms with Crippen molar-refractivity contribution in [2.45, 2.75) is 91.1 Å². The van der Waals surface area contributed by atoms with Crippen molar-refractivity contribution in [1.82, 2.24) is 0 Å². The summed E-state index contributed by atoms with van der Waals surface area (Å²) >= 11 is 0. The van der Waals surface area contributed by atoms with Crippen molar-refractivity contribution >= 4 is 17.9 Å². The van der Waals surface area contributed by atoms with Crippen LogP contribution in [0.1, 0.15) is 85.0 Å². The quantitative estimate of drug-likeness (QED) is 0.276. The number of aliphatic hydroxyl groups excluding tert-OH is 2. The van der Waals surface area contributed by atoms with Crippen molar-refractivity contribution in [1.29, 1.82) is 0 Å². The number of aliphatic carboxylic acids is 2. The van der Waals surface area contributed by atoms with Crippen LogP contribution in [0.25, 0.3) is 0 Å². The van der Waals surface area contributed by atoms with E-state index in [2.05, 4.69) is 11.7 Å². The second-order valence-electron chi connectivity index (χ2n) is 6.13. The lowest BCUT2D eigenvalue weighted by Gasteiger charge is -2.05. The first-order chi connectivity index (χ1) is 12.7. The van der Waals surface area contributed by atoms with Crippen LogP contribution in [-0.4, -0.2) is 57.7 Å². The summed E-state index contributed by atoms with van der Waals surface area (Å²) < 4.78 is 4.35. The van der Waals surface area contributed by atoms with Gasteiger partial charge in [-0.1, -0.05) is 58.3 Å². The van der Waals surface area contributed by atoms with E-state index >= 15 is 0 Å². The van der Waals surface area contributed by atoms with E-state index in [-0.39, 0.29) is 13.2 Å². The van der Waals surface area contributed by atoms with Gasteiger partial charge in [0, 0.05) is 20.3 Å². The number of carbonyl (C=O) groups excluding carboxylic acids is 1. The number of ether oxygens (including phenoxy) is 1. The summed E-state index contributed by atoms with van der Waals surface area (Å²) in [6, 6.07) is 0. The number of carboxylic acid groups (broad SMARTS) is 2. The van der Waals surface area contributed by atoms with E-state index in [1.807, 2.05) is 0 Å². The van der Waals surface area contributed by atoms with Gasteiger partial charge in [-0.15, -0.1) is 0 Å². The smallest absolute Gasteiger partial charge is 0.303 e. The number of hydrogen-bond donors (Lipinski definition) is 4. The van der Waals surface area contributed by atoms with Gasteiger partial charge >= 0.3 is 11.9 Å². The van der Waals surface area contributed by atoms with Crippen molar-refractivity contribution in [2.75, 3.05) is 13.2 Å². The van der Waals surface area contributed by atoms with E-state index in [0.717, 1.165) is 19.8 Å². The van der Waals surface area contributed by atoms with E-state index in [9.17, 15) is 9.59 Å². The third-order valence-electron chi connectivity index (χ3n) is 3.18. The minimum absolute atomic E-state index is 0.133. The van der Waals surface area contributed by atoms with Gasteiger partial charge in [0.25, 0.3) is 5.97 Å². The van der Waals surface area contributed by atoms with E-state index < -0.39 is 24.0 Å². The van der Waals surface area contributed by atoms with Gasteiger partial charge in [0.1, 0.15) is 12.7 Å². The number of carbonyl (C=O) groups is 3. The summed E-state index contributed by atoms with van der Waals surface area (Å²) in [5, 5.41) is 32.6. The molecule has 0 spiro atoms. The van der Waals surface area contributed by atoms with E-state index in [1.54, 1.807) is 0 Å². The van der Waals surface area contributed by atoms with Crippen LogP contribution in [0.4, 0.5) is 0 Å². The molecule has 0 aliphatic rings. The highest BCUT2D eigenvalue weighted by atomic mass is 16.5. The molecule has 0 bridgehead atoms. The summed E-state index contributed by atoms with van der Waals surface area (Å²) in [4.78, 5) is 29.3. The molecular formula is C19H38O8. The highest BCUT2D eigenvalue weighted by Crippen LogP contribution is 2.10. The molecule has 0 saturated carbocycles. The van der Waals surface area contributed by atoms with Gasteiger partial charge in [0.05, 0.1) is 6.61 Å². The number of rotatable bonds is 13. The fourth-order valence-electron chi connectivity index (χ4n) is 1.85. The van der Waals surface area contributed by atoms with Gasteiger partial charge in [-0.3, -0.25) is 14.4 Å². The van der Waals surface area contributed by atoms with E-state index in [4.69, 9.17) is 25.2 Å². The molecule has 0 amide bonds. The topological polar surface area (TPSA) is 141 Å². The molecule has 4 N–H and O–H groups in total. The van der Waals surface area contributed by atoms with Crippen LogP contribution in [0.3, 0.4) is 0 Å². The third-order valence-corrected chi connectivity index (χ3v) is 3.18. The zero-order valence-electron chi connectivity index (χ0n) is 17.0. The number of unbranched alkanes of at least 4 members (excludes halogenated alkanes) is 8. The fraction of sp³-hybridized carbons (Fsp3) is 0.842. The first-order valence-corrected chi connectivity index (χ1v) is 9.50. The third kappa shape index (κ3) is 45.5. The van der Waals surface area contributed by atoms with Gasteiger partial charge in [0.2, 0.25) is 0 Å². The standard InChI is InChI=1S/C12H24O2.C5H10O4.C2H4O2/c1-2-3-4-5-6-7-8-9-10-11-12(13)14;1-4(7)9-3-5(8)2-6;1-2(3)4/h2-11H2,1H3,(H,13,14);5-6,8H,2-3H2,1H3;1H3,(H,3,4). The molecule has 1 atom stereocenters. The van der Waals surface area contributed by atoms with Crippen molar-refractivity contribution < 1.29 is 39.5 Å². The molecule has 0 aromatic heterocycles. The minimum atomic E-state index is -0.950. The fourth-order valence-corrected chi connectivity index (χ4v) is 1.85. The van der Waals surface area contributed by atoms with Crippen molar-refractivity contribution in [2.24, 2.45) is 0 Å². The number of hydrogen-bond acceptors (Lipinski definition) is 6. The maximum absolute atomic E-state index is 10.2. The van der Waals surface area contributed by atoms with Crippen LogP contribution in [0.15, 0.2) is 0 Å². The lowest BCUT2D eigenvalue weighted by atomic mass is 10.1. The molecular weight excluding hydrogens is 356 g/mol. The molecule has 0 fully saturated rings. The van der Waals surface area contributed by atoms with Crippen LogP contribution < -0.4 is 0 Å². The normalized spacial score (nSPS) is 10.6. The van der Waals surface area contributed by atoms with Gasteiger partial charge in [-0.25, -0.2) is 0 Å². The Morgan fingerprint density at radius 3 is 1.59 bits per heavy atom. The van der Waals surface area contributed by atoms with Crippen molar-refractivity contribution in [3.63, 3.8) is 0 Å². The average Bonchev–Trinajstić information content (AvgIpc) is 2.58. The van der Waals surface area contributed by atoms with Crippen LogP contribution in [0, 0.1) is 0 Å². The van der Waals surface area contributed by atoms with Gasteiger partial charge in [-0.2, -0.15) is 0 Å². The van der Waals surface area contributed by atoms with E-state index in [1.165, 1.54) is 51.9 Å². The maximum Gasteiger partial charge on any atom is 0.303 e. The lowest BCUT2D eigenvalue weighted by Crippen LogP contribution is -2.20. The Balaban J connectivity index is -0.000000378. The molecule has 0 aliphatic carbocycles. The number of aliphatic hydroxyl groups is 2. The molecule has 0 aliphatic heterocycles. The summed E-state index contributed by atoms with van der Waals surface area (Å²) in [6.07, 6.45) is 10.5. The van der Waals surface area contributed by atoms with Gasteiger partial charge in [-0.05, 0) is 6.42 Å². The molecule has 0 heterocycles. The van der Waals surface area contributed by atoms with Crippen LogP contribution in [-0.2, 0) is 19.1 Å². The number of esters is 1. The highest BCUT2D eigenvalue weighted by Gasteiger charge is 2.02. The first-order valence-electron chi connectivity index (χ1n) is 9.50. The molecule has 0 aromatic rings. The predicted molar refractivity (Wildman–Crippen MR) is 103 cm³/mol. The molecule has 27 heavy (non-hydrogen) atoms. The van der Waals surface area contributed by atoms with Crippen LogP contribution in [0.5, 0.6) is 0 Å². The Labute approximate surface area is 162 Å². The Morgan fingerprint density at radius 2 is 1.26 bits per heavy atom. The maximum atomic E-state index is 10.2. The summed E-state index contributed by atoms with van der Waals surface area (Å²) in [6.45, 7) is 4.04. The van der Waals surface area contributed by atoms with Gasteiger partial charge in [0.15, 0.2) is 0 Å². The van der Waals surface area contributed by atoms with Crippen LogP contribution in [0.2, 0.25) is 0 Å². The first kappa shape index (κ1) is 30.1. The monoisotopic (exact) mass is 394 g/mol. The Hall–Kier alpha value is -1.67. The Morgan fingerprint density at radius 1 is 0.852 bits per heavy atom. The molecule has 0 saturated heterocycles. The zero-order valence-corrected chi connectivity index (χ0v) is 17.0. The predicted octanol–water partition coefficient (Wildman–Crippen LogP) is 2.99. The SMILES string of the molecule is CC(=O)O.CC(=O)OCC(O)CO.CCCCCCCCCCCC(=O)O. The summed E-state index contributed by atoms with van der Waals surface area (Å²) in [5.74, 6) is -1.95. The highest BCUT2D eigenvalue weighted by molar-refractivity contribution is 5.66.